The summed E-state index contributed by atoms with van der Waals surface area (Å²) in [5.41, 5.74) is 1.04. The molecule has 1 atom stereocenters. The summed E-state index contributed by atoms with van der Waals surface area (Å²) in [6.07, 6.45) is 6.10. The third kappa shape index (κ3) is 5.81. The topological polar surface area (TPSA) is 67.6 Å². The SMILES string of the molecule is CN=C(NCCCCn1ccnc1C)N(C)Cc1csc(C(C)OC)n1. The molecule has 8 heteroatoms. The van der Waals surface area contributed by atoms with Crippen LogP contribution in [0.25, 0.3) is 0 Å². The Hall–Kier alpha value is -1.93. The number of hydrogen-bond acceptors (Lipinski definition) is 5. The second-order valence-electron chi connectivity index (χ2n) is 6.26. The molecular weight excluding hydrogens is 348 g/mol. The average Bonchev–Trinajstić information content (AvgIpc) is 3.26. The predicted octanol–water partition coefficient (Wildman–Crippen LogP) is 2.84. The van der Waals surface area contributed by atoms with Crippen molar-refractivity contribution in [1.29, 1.82) is 0 Å². The molecule has 2 heterocycles. The molecule has 144 valence electrons. The predicted molar refractivity (Wildman–Crippen MR) is 107 cm³/mol. The molecule has 26 heavy (non-hydrogen) atoms. The van der Waals surface area contributed by atoms with Crippen LogP contribution in [-0.2, 0) is 17.8 Å². The van der Waals surface area contributed by atoms with Crippen LogP contribution >= 0.6 is 11.3 Å². The van der Waals surface area contributed by atoms with E-state index in [9.17, 15) is 0 Å². The van der Waals surface area contributed by atoms with Gasteiger partial charge in [0.05, 0.1) is 12.2 Å². The molecule has 0 spiro atoms. The van der Waals surface area contributed by atoms with Gasteiger partial charge in [-0.25, -0.2) is 9.97 Å². The summed E-state index contributed by atoms with van der Waals surface area (Å²) >= 11 is 1.64. The molecule has 1 unspecified atom stereocenters. The molecule has 1 N–H and O–H groups in total. The molecule has 2 rings (SSSR count). The van der Waals surface area contributed by atoms with Gasteiger partial charge < -0.3 is 19.5 Å². The molecule has 0 amide bonds. The lowest BCUT2D eigenvalue weighted by Crippen LogP contribution is -2.39. The van der Waals surface area contributed by atoms with Crippen LogP contribution in [-0.4, -0.2) is 53.1 Å². The highest BCUT2D eigenvalue weighted by atomic mass is 32.1. The minimum atomic E-state index is 0.0376. The van der Waals surface area contributed by atoms with E-state index in [1.54, 1.807) is 18.4 Å². The summed E-state index contributed by atoms with van der Waals surface area (Å²) in [5, 5.41) is 6.52. The molecule has 2 aromatic heterocycles. The van der Waals surface area contributed by atoms with Crippen LogP contribution in [0.5, 0.6) is 0 Å². The zero-order chi connectivity index (χ0) is 18.9. The molecule has 0 saturated carbocycles. The number of nitrogens with one attached hydrogen (secondary N) is 1. The van der Waals surface area contributed by atoms with E-state index >= 15 is 0 Å². The summed E-state index contributed by atoms with van der Waals surface area (Å²) in [5.74, 6) is 1.96. The van der Waals surface area contributed by atoms with E-state index in [1.165, 1.54) is 0 Å². The number of aliphatic imine (C=N–C) groups is 1. The number of aryl methyl sites for hydroxylation is 2. The molecule has 0 aromatic carbocycles. The van der Waals surface area contributed by atoms with Gasteiger partial charge in [-0.3, -0.25) is 4.99 Å². The van der Waals surface area contributed by atoms with Gasteiger partial charge >= 0.3 is 0 Å². The quantitative estimate of drug-likeness (QED) is 0.413. The molecule has 0 bridgehead atoms. The lowest BCUT2D eigenvalue weighted by atomic mass is 10.3. The standard InChI is InChI=1S/C18H30N6OS/c1-14(25-5)17-22-16(13-26-17)12-23(4)18(19-3)21-8-6-7-10-24-11-9-20-15(24)2/h9,11,13-14H,6-8,10,12H2,1-5H3,(H,19,21). The largest absolute Gasteiger partial charge is 0.375 e. The Morgan fingerprint density at radius 1 is 1.46 bits per heavy atom. The normalized spacial score (nSPS) is 13.0. The van der Waals surface area contributed by atoms with Gasteiger partial charge in [0.15, 0.2) is 5.96 Å². The summed E-state index contributed by atoms with van der Waals surface area (Å²) in [7, 11) is 5.55. The molecule has 0 aliphatic rings. The van der Waals surface area contributed by atoms with Crippen molar-refractivity contribution in [2.24, 2.45) is 4.99 Å². The van der Waals surface area contributed by atoms with Crippen molar-refractivity contribution in [1.82, 2.24) is 24.8 Å². The van der Waals surface area contributed by atoms with E-state index in [4.69, 9.17) is 4.74 Å². The molecule has 0 fully saturated rings. The zero-order valence-electron chi connectivity index (χ0n) is 16.4. The van der Waals surface area contributed by atoms with Crippen LogP contribution < -0.4 is 5.32 Å². The van der Waals surface area contributed by atoms with Gasteiger partial charge in [-0.2, -0.15) is 0 Å². The summed E-state index contributed by atoms with van der Waals surface area (Å²) in [6, 6.07) is 0. The van der Waals surface area contributed by atoms with Crippen molar-refractivity contribution in [3.8, 4) is 0 Å². The van der Waals surface area contributed by atoms with Crippen molar-refractivity contribution in [3.05, 3.63) is 34.3 Å². The Balaban J connectivity index is 1.73. The van der Waals surface area contributed by atoms with E-state index < -0.39 is 0 Å². The minimum absolute atomic E-state index is 0.0376. The maximum absolute atomic E-state index is 5.33. The first-order valence-corrected chi connectivity index (χ1v) is 9.79. The van der Waals surface area contributed by atoms with Crippen molar-refractivity contribution in [3.63, 3.8) is 0 Å². The zero-order valence-corrected chi connectivity index (χ0v) is 17.2. The lowest BCUT2D eigenvalue weighted by molar-refractivity contribution is 0.119. The summed E-state index contributed by atoms with van der Waals surface area (Å²) < 4.78 is 7.51. The van der Waals surface area contributed by atoms with E-state index in [2.05, 4.69) is 35.1 Å². The number of ether oxygens (including phenoxy) is 1. The fraction of sp³-hybridized carbons (Fsp3) is 0.611. The number of methoxy groups -OCH3 is 1. The number of aromatic nitrogens is 3. The fourth-order valence-electron chi connectivity index (χ4n) is 2.63. The van der Waals surface area contributed by atoms with Crippen LogP contribution in [0.4, 0.5) is 0 Å². The monoisotopic (exact) mass is 378 g/mol. The molecule has 0 radical (unpaired) electrons. The number of nitrogens with zero attached hydrogens (tertiary/aromatic N) is 5. The van der Waals surface area contributed by atoms with E-state index in [0.29, 0.717) is 0 Å². The fourth-order valence-corrected chi connectivity index (χ4v) is 3.47. The first-order valence-electron chi connectivity index (χ1n) is 8.91. The number of rotatable bonds is 9. The highest BCUT2D eigenvalue weighted by Crippen LogP contribution is 2.20. The lowest BCUT2D eigenvalue weighted by Gasteiger charge is -2.21. The molecule has 7 nitrogen and oxygen atoms in total. The smallest absolute Gasteiger partial charge is 0.193 e. The highest BCUT2D eigenvalue weighted by Gasteiger charge is 2.12. The Bertz CT molecular complexity index is 695. The summed E-state index contributed by atoms with van der Waals surface area (Å²) in [6.45, 7) is 6.67. The van der Waals surface area contributed by atoms with Crippen molar-refractivity contribution in [2.45, 2.75) is 45.9 Å². The number of unbranched alkanes of at least 4 members (excludes halogenated alkanes) is 1. The third-order valence-corrected chi connectivity index (χ3v) is 5.33. The van der Waals surface area contributed by atoms with Gasteiger partial charge in [-0.1, -0.05) is 0 Å². The summed E-state index contributed by atoms with van der Waals surface area (Å²) in [4.78, 5) is 15.4. The van der Waals surface area contributed by atoms with E-state index in [1.807, 2.05) is 40.3 Å². The molecule has 0 saturated heterocycles. The van der Waals surface area contributed by atoms with Crippen molar-refractivity contribution in [2.75, 3.05) is 27.7 Å². The van der Waals surface area contributed by atoms with Gasteiger partial charge in [0.25, 0.3) is 0 Å². The minimum Gasteiger partial charge on any atom is -0.375 e. The van der Waals surface area contributed by atoms with Gasteiger partial charge in [0.2, 0.25) is 0 Å². The average molecular weight is 379 g/mol. The van der Waals surface area contributed by atoms with Crippen LogP contribution in [0.3, 0.4) is 0 Å². The number of imidazole rings is 1. The van der Waals surface area contributed by atoms with Crippen LogP contribution in [0.1, 0.15) is 42.4 Å². The Labute approximate surface area is 160 Å². The van der Waals surface area contributed by atoms with Gasteiger partial charge in [-0.15, -0.1) is 11.3 Å². The maximum Gasteiger partial charge on any atom is 0.193 e. The van der Waals surface area contributed by atoms with Gasteiger partial charge in [0.1, 0.15) is 16.9 Å². The number of guanidine groups is 1. The molecular formula is C18H30N6OS. The van der Waals surface area contributed by atoms with Crippen molar-refractivity contribution < 1.29 is 4.74 Å². The highest BCUT2D eigenvalue weighted by molar-refractivity contribution is 7.09. The number of hydrogen-bond donors (Lipinski definition) is 1. The molecule has 0 aliphatic heterocycles. The van der Waals surface area contributed by atoms with E-state index in [-0.39, 0.29) is 6.10 Å². The Morgan fingerprint density at radius 3 is 2.92 bits per heavy atom. The second kappa shape index (κ2) is 10.3. The Morgan fingerprint density at radius 2 is 2.27 bits per heavy atom. The van der Waals surface area contributed by atoms with E-state index in [0.717, 1.165) is 55.0 Å². The molecule has 0 aliphatic carbocycles. The first kappa shape index (κ1) is 20.4. The van der Waals surface area contributed by atoms with Crippen molar-refractivity contribution >= 4 is 17.3 Å². The van der Waals surface area contributed by atoms with Crippen LogP contribution in [0.2, 0.25) is 0 Å². The molecule has 2 aromatic rings. The maximum atomic E-state index is 5.33. The van der Waals surface area contributed by atoms with Gasteiger partial charge in [0, 0.05) is 52.1 Å². The first-order chi connectivity index (χ1) is 12.5. The number of thiazole rings is 1. The third-order valence-electron chi connectivity index (χ3n) is 4.28. The second-order valence-corrected chi connectivity index (χ2v) is 7.15. The Kier molecular flexibility index (Phi) is 8.06. The van der Waals surface area contributed by atoms with Crippen LogP contribution in [0, 0.1) is 6.92 Å². The van der Waals surface area contributed by atoms with Gasteiger partial charge in [-0.05, 0) is 26.7 Å². The van der Waals surface area contributed by atoms with Crippen LogP contribution in [0.15, 0.2) is 22.8 Å².